The fourth-order valence-corrected chi connectivity index (χ4v) is 4.65. The van der Waals surface area contributed by atoms with Crippen LogP contribution in [0.3, 0.4) is 0 Å². The van der Waals surface area contributed by atoms with Crippen molar-refractivity contribution < 1.29 is 27.5 Å². The summed E-state index contributed by atoms with van der Waals surface area (Å²) < 4.78 is 34.9. The van der Waals surface area contributed by atoms with Crippen LogP contribution in [-0.4, -0.2) is 48.8 Å². The summed E-state index contributed by atoms with van der Waals surface area (Å²) in [6, 6.07) is 7.85. The Balaban J connectivity index is 2.61. The summed E-state index contributed by atoms with van der Waals surface area (Å²) in [7, 11) is -3.66. The van der Waals surface area contributed by atoms with E-state index in [4.69, 9.17) is 21.7 Å². The van der Waals surface area contributed by atoms with Crippen LogP contribution in [0.1, 0.15) is 26.7 Å². The van der Waals surface area contributed by atoms with Crippen molar-refractivity contribution in [2.45, 2.75) is 36.8 Å². The number of rotatable bonds is 10. The van der Waals surface area contributed by atoms with Crippen LogP contribution >= 0.6 is 24.0 Å². The van der Waals surface area contributed by atoms with Crippen LogP contribution in [0, 0.1) is 0 Å². The van der Waals surface area contributed by atoms with Gasteiger partial charge in [-0.25, -0.2) is 8.42 Å². The van der Waals surface area contributed by atoms with Gasteiger partial charge in [0.2, 0.25) is 4.38 Å². The maximum atomic E-state index is 12.2. The van der Waals surface area contributed by atoms with Crippen LogP contribution < -0.4 is 0 Å². The number of hydrogen-bond donors (Lipinski definition) is 0. The summed E-state index contributed by atoms with van der Waals surface area (Å²) in [5.41, 5.74) is 0. The summed E-state index contributed by atoms with van der Waals surface area (Å²) in [6.07, 6.45) is 0.369. The van der Waals surface area contributed by atoms with Gasteiger partial charge in [-0.05, 0) is 37.7 Å². The van der Waals surface area contributed by atoms with Crippen molar-refractivity contribution in [3.05, 3.63) is 30.3 Å². The molecule has 0 aliphatic rings. The van der Waals surface area contributed by atoms with E-state index >= 15 is 0 Å². The summed E-state index contributed by atoms with van der Waals surface area (Å²) in [4.78, 5) is 23.2. The molecule has 0 saturated heterocycles. The minimum atomic E-state index is -3.66. The molecular weight excluding hydrogens is 396 g/mol. The highest BCUT2D eigenvalue weighted by Gasteiger charge is 2.21. The number of hydrogen-bond acceptors (Lipinski definition) is 8. The molecule has 0 aliphatic heterocycles. The highest BCUT2D eigenvalue weighted by atomic mass is 32.2. The lowest BCUT2D eigenvalue weighted by Crippen LogP contribution is -2.21. The Morgan fingerprint density at radius 1 is 1.19 bits per heavy atom. The zero-order chi connectivity index (χ0) is 19.6. The number of thioether (sulfide) groups is 1. The Hall–Kier alpha value is -1.45. The number of ether oxygens (including phenoxy) is 2. The average molecular weight is 419 g/mol. The molecule has 9 heteroatoms. The minimum Gasteiger partial charge on any atom is -0.479 e. The fourth-order valence-electron chi connectivity index (χ4n) is 1.99. The molecule has 1 aromatic carbocycles. The Morgan fingerprint density at radius 2 is 1.85 bits per heavy atom. The van der Waals surface area contributed by atoms with E-state index in [1.807, 2.05) is 0 Å². The zero-order valence-electron chi connectivity index (χ0n) is 14.7. The lowest BCUT2D eigenvalue weighted by molar-refractivity contribution is -0.140. The highest BCUT2D eigenvalue weighted by molar-refractivity contribution is 8.23. The molecule has 0 fully saturated rings. The number of thiocarbonyl (C=S) groups is 1. The topological polar surface area (TPSA) is 86.7 Å². The van der Waals surface area contributed by atoms with Crippen molar-refractivity contribution >= 4 is 50.0 Å². The molecule has 1 unspecified atom stereocenters. The second-order valence-corrected chi connectivity index (χ2v) is 9.27. The molecule has 26 heavy (non-hydrogen) atoms. The van der Waals surface area contributed by atoms with E-state index in [1.54, 1.807) is 25.1 Å². The van der Waals surface area contributed by atoms with Gasteiger partial charge >= 0.3 is 5.97 Å². The highest BCUT2D eigenvalue weighted by Crippen LogP contribution is 2.21. The number of esters is 1. The van der Waals surface area contributed by atoms with Crippen molar-refractivity contribution in [1.82, 2.24) is 0 Å². The van der Waals surface area contributed by atoms with Gasteiger partial charge in [-0.15, -0.1) is 0 Å². The molecular formula is C17H22O6S3. The molecule has 0 aliphatic carbocycles. The van der Waals surface area contributed by atoms with E-state index in [0.717, 1.165) is 0 Å². The predicted molar refractivity (Wildman–Crippen MR) is 105 cm³/mol. The maximum absolute atomic E-state index is 12.2. The minimum absolute atomic E-state index is 0.0414. The van der Waals surface area contributed by atoms with Gasteiger partial charge in [0.05, 0.1) is 11.5 Å². The van der Waals surface area contributed by atoms with Crippen molar-refractivity contribution in [1.29, 1.82) is 0 Å². The van der Waals surface area contributed by atoms with Crippen LogP contribution in [0.15, 0.2) is 35.2 Å². The summed E-state index contributed by atoms with van der Waals surface area (Å²) >= 11 is 6.26. The van der Waals surface area contributed by atoms with Gasteiger partial charge < -0.3 is 9.47 Å². The number of Topliss-reactive ketones (excluding diaryl/α,β-unsaturated/α-hetero) is 1. The average Bonchev–Trinajstić information content (AvgIpc) is 2.58. The summed E-state index contributed by atoms with van der Waals surface area (Å²) in [5, 5.41) is -0.277. The molecule has 1 rings (SSSR count). The molecule has 0 radical (unpaired) electrons. The van der Waals surface area contributed by atoms with Crippen molar-refractivity contribution in [3.8, 4) is 0 Å². The van der Waals surface area contributed by atoms with Gasteiger partial charge in [-0.2, -0.15) is 0 Å². The molecule has 0 heterocycles. The smallest absolute Gasteiger partial charge is 0.302 e. The SMILES string of the molecule is CCOC(=S)SC(CCC(=O)CS(=O)(=O)c1ccccc1)COC(C)=O. The van der Waals surface area contributed by atoms with Gasteiger partial charge in [0.15, 0.2) is 9.84 Å². The second kappa shape index (κ2) is 11.3. The molecule has 0 N–H and O–H groups in total. The molecule has 0 saturated carbocycles. The van der Waals surface area contributed by atoms with Gasteiger partial charge in [-0.1, -0.05) is 30.0 Å². The lowest BCUT2D eigenvalue weighted by Gasteiger charge is -2.16. The molecule has 0 aromatic heterocycles. The van der Waals surface area contributed by atoms with E-state index in [1.165, 1.54) is 30.8 Å². The third-order valence-electron chi connectivity index (χ3n) is 3.20. The van der Waals surface area contributed by atoms with Crippen molar-refractivity contribution in [2.75, 3.05) is 19.0 Å². The van der Waals surface area contributed by atoms with Crippen LogP contribution in [0.5, 0.6) is 0 Å². The zero-order valence-corrected chi connectivity index (χ0v) is 17.1. The van der Waals surface area contributed by atoms with Gasteiger partial charge in [-0.3, -0.25) is 9.59 Å². The second-order valence-electron chi connectivity index (χ2n) is 5.37. The van der Waals surface area contributed by atoms with Gasteiger partial charge in [0, 0.05) is 18.6 Å². The van der Waals surface area contributed by atoms with E-state index < -0.39 is 27.3 Å². The molecule has 1 atom stereocenters. The summed E-state index contributed by atoms with van der Waals surface area (Å²) in [6.45, 7) is 3.58. The number of benzene rings is 1. The molecule has 144 valence electrons. The Labute approximate surface area is 163 Å². The van der Waals surface area contributed by atoms with Gasteiger partial charge in [0.25, 0.3) is 0 Å². The molecule has 0 amide bonds. The van der Waals surface area contributed by atoms with Crippen LogP contribution in [-0.2, 0) is 28.9 Å². The van der Waals surface area contributed by atoms with Crippen molar-refractivity contribution in [3.63, 3.8) is 0 Å². The first-order valence-corrected chi connectivity index (χ1v) is 10.9. The number of ketones is 1. The Bertz CT molecular complexity index is 715. The first kappa shape index (κ1) is 22.6. The monoisotopic (exact) mass is 418 g/mol. The standard InChI is InChI=1S/C17H22O6S3/c1-3-22-17(24)25-15(11-23-13(2)18)10-9-14(19)12-26(20,21)16-7-5-4-6-8-16/h4-8,15H,3,9-12H2,1-2H3. The molecule has 0 spiro atoms. The summed E-state index contributed by atoms with van der Waals surface area (Å²) in [5.74, 6) is -1.39. The quantitative estimate of drug-likeness (QED) is 0.423. The van der Waals surface area contributed by atoms with E-state index in [-0.39, 0.29) is 23.2 Å². The molecule has 0 bridgehead atoms. The number of carbonyl (C=O) groups excluding carboxylic acids is 2. The van der Waals surface area contributed by atoms with E-state index in [2.05, 4.69) is 0 Å². The Kier molecular flexibility index (Phi) is 9.82. The van der Waals surface area contributed by atoms with Gasteiger partial charge in [0.1, 0.15) is 18.1 Å². The number of sulfone groups is 1. The van der Waals surface area contributed by atoms with E-state index in [0.29, 0.717) is 17.4 Å². The predicted octanol–water partition coefficient (Wildman–Crippen LogP) is 2.80. The van der Waals surface area contributed by atoms with Crippen LogP contribution in [0.4, 0.5) is 0 Å². The van der Waals surface area contributed by atoms with Crippen LogP contribution in [0.2, 0.25) is 0 Å². The van der Waals surface area contributed by atoms with Crippen molar-refractivity contribution in [2.24, 2.45) is 0 Å². The third kappa shape index (κ3) is 8.77. The first-order chi connectivity index (χ1) is 12.2. The Morgan fingerprint density at radius 3 is 2.42 bits per heavy atom. The first-order valence-electron chi connectivity index (χ1n) is 8.01. The lowest BCUT2D eigenvalue weighted by atomic mass is 10.2. The molecule has 6 nitrogen and oxygen atoms in total. The van der Waals surface area contributed by atoms with E-state index in [9.17, 15) is 18.0 Å². The normalized spacial score (nSPS) is 12.2. The van der Waals surface area contributed by atoms with Crippen LogP contribution in [0.25, 0.3) is 0 Å². The largest absolute Gasteiger partial charge is 0.479 e. The molecule has 1 aromatic rings. The maximum Gasteiger partial charge on any atom is 0.302 e. The fraction of sp³-hybridized carbons (Fsp3) is 0.471. The number of carbonyl (C=O) groups is 2. The third-order valence-corrected chi connectivity index (χ3v) is 6.31.